The third kappa shape index (κ3) is 4.42. The predicted octanol–water partition coefficient (Wildman–Crippen LogP) is 4.73. The Morgan fingerprint density at radius 1 is 1.26 bits per heavy atom. The number of fused-ring (bicyclic) bond motifs is 1. The fourth-order valence-corrected chi connectivity index (χ4v) is 3.07. The number of hydrogen-bond donors (Lipinski definition) is 0. The van der Waals surface area contributed by atoms with Crippen LogP contribution >= 0.6 is 0 Å². The van der Waals surface area contributed by atoms with Gasteiger partial charge in [-0.3, -0.25) is 10.1 Å². The highest BCUT2D eigenvalue weighted by Gasteiger charge is 2.31. The molecule has 0 fully saturated rings. The molecule has 0 aliphatic carbocycles. The van der Waals surface area contributed by atoms with E-state index in [1.165, 1.54) is 21.5 Å². The van der Waals surface area contributed by atoms with Gasteiger partial charge >= 0.3 is 11.8 Å². The Morgan fingerprint density at radius 2 is 1.97 bits per heavy atom. The summed E-state index contributed by atoms with van der Waals surface area (Å²) in [7, 11) is 0. The summed E-state index contributed by atoms with van der Waals surface area (Å²) in [6.07, 6.45) is 0.870. The van der Waals surface area contributed by atoms with E-state index >= 15 is 0 Å². The standard InChI is InChI=1S/C21H25N5O5/c1-7-30-17-9-8-15(12-16(17)26(28)29)24(20(27)31-21(4,5)6)19-13(2)14(3)23-18-10-11-22-25(18)19/h8-12H,7H2,1-6H3. The van der Waals surface area contributed by atoms with E-state index in [1.807, 2.05) is 6.92 Å². The largest absolute Gasteiger partial charge is 0.487 e. The van der Waals surface area contributed by atoms with E-state index in [0.717, 1.165) is 0 Å². The summed E-state index contributed by atoms with van der Waals surface area (Å²) in [6.45, 7) is 10.9. The van der Waals surface area contributed by atoms with Gasteiger partial charge in [0.25, 0.3) is 0 Å². The second-order valence-corrected chi connectivity index (χ2v) is 7.90. The van der Waals surface area contributed by atoms with E-state index in [1.54, 1.807) is 52.9 Å². The Bertz CT molecular complexity index is 1150. The average Bonchev–Trinajstić information content (AvgIpc) is 3.12. The number of nitro groups is 1. The molecule has 1 aromatic carbocycles. The van der Waals surface area contributed by atoms with Gasteiger partial charge in [0.2, 0.25) is 0 Å². The number of amides is 1. The Kier molecular flexibility index (Phi) is 5.83. The Balaban J connectivity index is 2.28. The van der Waals surface area contributed by atoms with Crippen molar-refractivity contribution in [3.8, 4) is 5.75 Å². The third-order valence-electron chi connectivity index (χ3n) is 4.47. The van der Waals surface area contributed by atoms with Gasteiger partial charge in [0, 0.05) is 23.4 Å². The fourth-order valence-electron chi connectivity index (χ4n) is 3.07. The Hall–Kier alpha value is -3.69. The molecule has 0 aliphatic heterocycles. The Morgan fingerprint density at radius 3 is 2.58 bits per heavy atom. The van der Waals surface area contributed by atoms with E-state index in [4.69, 9.17) is 9.47 Å². The number of carbonyl (C=O) groups excluding carboxylic acids is 1. The van der Waals surface area contributed by atoms with Crippen molar-refractivity contribution in [1.29, 1.82) is 0 Å². The first-order valence-electron chi connectivity index (χ1n) is 9.78. The number of ether oxygens (including phenoxy) is 2. The Labute approximate surface area is 179 Å². The zero-order chi connectivity index (χ0) is 22.9. The first kappa shape index (κ1) is 22.0. The molecule has 10 heteroatoms. The van der Waals surface area contributed by atoms with Gasteiger partial charge in [0.15, 0.2) is 17.2 Å². The summed E-state index contributed by atoms with van der Waals surface area (Å²) in [5.74, 6) is 0.507. The lowest BCUT2D eigenvalue weighted by molar-refractivity contribution is -0.385. The predicted molar refractivity (Wildman–Crippen MR) is 115 cm³/mol. The molecule has 0 unspecified atom stereocenters. The molecule has 0 saturated heterocycles. The summed E-state index contributed by atoms with van der Waals surface area (Å²) in [4.78, 5) is 30.2. The minimum Gasteiger partial charge on any atom is -0.487 e. The zero-order valence-corrected chi connectivity index (χ0v) is 18.4. The minimum atomic E-state index is -0.786. The minimum absolute atomic E-state index is 0.118. The molecular weight excluding hydrogens is 402 g/mol. The maximum atomic E-state index is 13.3. The maximum absolute atomic E-state index is 13.3. The molecular formula is C21H25N5O5. The third-order valence-corrected chi connectivity index (χ3v) is 4.47. The van der Waals surface area contributed by atoms with Crippen molar-refractivity contribution in [2.45, 2.75) is 47.1 Å². The SMILES string of the molecule is CCOc1ccc(N(C(=O)OC(C)(C)C)c2c(C)c(C)nc3ccnn23)cc1[N+](=O)[O-]. The summed E-state index contributed by atoms with van der Waals surface area (Å²) >= 11 is 0. The second kappa shape index (κ2) is 8.21. The molecule has 0 spiro atoms. The molecule has 10 nitrogen and oxygen atoms in total. The molecule has 2 aromatic heterocycles. The number of carbonyl (C=O) groups is 1. The van der Waals surface area contributed by atoms with Crippen LogP contribution in [0.15, 0.2) is 30.5 Å². The van der Waals surface area contributed by atoms with Crippen LogP contribution in [-0.4, -0.2) is 37.8 Å². The van der Waals surface area contributed by atoms with Crippen LogP contribution in [-0.2, 0) is 4.74 Å². The van der Waals surface area contributed by atoms with Crippen molar-refractivity contribution < 1.29 is 19.2 Å². The lowest BCUT2D eigenvalue weighted by Crippen LogP contribution is -2.35. The number of aromatic nitrogens is 3. The number of nitrogens with zero attached hydrogens (tertiary/aromatic N) is 5. The summed E-state index contributed by atoms with van der Waals surface area (Å²) < 4.78 is 12.5. The maximum Gasteiger partial charge on any atom is 0.420 e. The number of aryl methyl sites for hydroxylation is 1. The van der Waals surface area contributed by atoms with Crippen LogP contribution in [0.1, 0.15) is 39.0 Å². The van der Waals surface area contributed by atoms with E-state index in [0.29, 0.717) is 22.7 Å². The van der Waals surface area contributed by atoms with Gasteiger partial charge in [-0.15, -0.1) is 0 Å². The molecule has 164 valence electrons. The topological polar surface area (TPSA) is 112 Å². The van der Waals surface area contributed by atoms with Crippen molar-refractivity contribution in [3.05, 3.63) is 51.8 Å². The molecule has 31 heavy (non-hydrogen) atoms. The molecule has 0 saturated carbocycles. The first-order valence-corrected chi connectivity index (χ1v) is 9.78. The summed E-state index contributed by atoms with van der Waals surface area (Å²) in [5, 5.41) is 16.0. The lowest BCUT2D eigenvalue weighted by atomic mass is 10.2. The van der Waals surface area contributed by atoms with Gasteiger partial charge < -0.3 is 9.47 Å². The number of rotatable bonds is 5. The zero-order valence-electron chi connectivity index (χ0n) is 18.4. The number of nitro benzene ring substituents is 1. The molecule has 0 bridgehead atoms. The van der Waals surface area contributed by atoms with Crippen LogP contribution in [0, 0.1) is 24.0 Å². The molecule has 2 heterocycles. The molecule has 0 atom stereocenters. The van der Waals surface area contributed by atoms with Crippen LogP contribution in [0.5, 0.6) is 5.75 Å². The highest BCUT2D eigenvalue weighted by atomic mass is 16.6. The van der Waals surface area contributed by atoms with Crippen molar-refractivity contribution in [2.24, 2.45) is 0 Å². The fraction of sp³-hybridized carbons (Fsp3) is 0.381. The van der Waals surface area contributed by atoms with Crippen LogP contribution in [0.3, 0.4) is 0 Å². The highest BCUT2D eigenvalue weighted by molar-refractivity contribution is 5.97. The van der Waals surface area contributed by atoms with Crippen LogP contribution < -0.4 is 9.64 Å². The van der Waals surface area contributed by atoms with E-state index < -0.39 is 16.6 Å². The molecule has 0 N–H and O–H groups in total. The van der Waals surface area contributed by atoms with Crippen molar-refractivity contribution in [1.82, 2.24) is 14.6 Å². The number of hydrogen-bond acceptors (Lipinski definition) is 7. The van der Waals surface area contributed by atoms with Gasteiger partial charge in [-0.2, -0.15) is 9.61 Å². The quantitative estimate of drug-likeness (QED) is 0.427. The molecule has 0 radical (unpaired) electrons. The number of anilines is 2. The monoisotopic (exact) mass is 427 g/mol. The molecule has 1 amide bonds. The average molecular weight is 427 g/mol. The summed E-state index contributed by atoms with van der Waals surface area (Å²) in [5.41, 5.74) is 1.11. The van der Waals surface area contributed by atoms with E-state index in [9.17, 15) is 14.9 Å². The van der Waals surface area contributed by atoms with Crippen LogP contribution in [0.2, 0.25) is 0 Å². The molecule has 0 aliphatic rings. The van der Waals surface area contributed by atoms with Gasteiger partial charge in [-0.1, -0.05) is 0 Å². The van der Waals surface area contributed by atoms with Crippen LogP contribution in [0.4, 0.5) is 22.0 Å². The van der Waals surface area contributed by atoms with Gasteiger partial charge in [0.1, 0.15) is 5.60 Å². The van der Waals surface area contributed by atoms with E-state index in [-0.39, 0.29) is 23.7 Å². The smallest absolute Gasteiger partial charge is 0.420 e. The van der Waals surface area contributed by atoms with Crippen molar-refractivity contribution in [2.75, 3.05) is 11.5 Å². The first-order chi connectivity index (χ1) is 14.5. The lowest BCUT2D eigenvalue weighted by Gasteiger charge is -2.29. The van der Waals surface area contributed by atoms with Crippen molar-refractivity contribution >= 4 is 28.9 Å². The summed E-state index contributed by atoms with van der Waals surface area (Å²) in [6, 6.07) is 6.05. The van der Waals surface area contributed by atoms with Gasteiger partial charge in [0.05, 0.1) is 23.4 Å². The van der Waals surface area contributed by atoms with Crippen LogP contribution in [0.25, 0.3) is 5.65 Å². The van der Waals surface area contributed by atoms with Gasteiger partial charge in [-0.05, 0) is 53.7 Å². The highest BCUT2D eigenvalue weighted by Crippen LogP contribution is 2.37. The number of benzene rings is 1. The molecule has 3 rings (SSSR count). The van der Waals surface area contributed by atoms with E-state index in [2.05, 4.69) is 10.1 Å². The van der Waals surface area contributed by atoms with Gasteiger partial charge in [-0.25, -0.2) is 14.7 Å². The van der Waals surface area contributed by atoms with Crippen molar-refractivity contribution in [3.63, 3.8) is 0 Å². The normalized spacial score (nSPS) is 11.4. The molecule has 3 aromatic rings. The second-order valence-electron chi connectivity index (χ2n) is 7.90.